The number of hydrogen-bond donors (Lipinski definition) is 0. The summed E-state index contributed by atoms with van der Waals surface area (Å²) in [5, 5.41) is 7.82. The SMILES string of the molecule is CC(C)C=Nc1ccc(Cl)nn1. The van der Waals surface area contributed by atoms with Crippen LogP contribution in [0.2, 0.25) is 5.15 Å². The first kappa shape index (κ1) is 9.13. The minimum Gasteiger partial charge on any atom is -0.240 e. The van der Waals surface area contributed by atoms with Crippen molar-refractivity contribution >= 4 is 23.6 Å². The van der Waals surface area contributed by atoms with Crippen molar-refractivity contribution in [1.82, 2.24) is 10.2 Å². The number of aromatic nitrogens is 2. The summed E-state index contributed by atoms with van der Waals surface area (Å²) < 4.78 is 0. The van der Waals surface area contributed by atoms with E-state index in [9.17, 15) is 0 Å². The van der Waals surface area contributed by atoms with Crippen molar-refractivity contribution in [1.29, 1.82) is 0 Å². The second-order valence-corrected chi connectivity index (χ2v) is 3.12. The topological polar surface area (TPSA) is 38.1 Å². The van der Waals surface area contributed by atoms with Crippen molar-refractivity contribution in [3.63, 3.8) is 0 Å². The summed E-state index contributed by atoms with van der Waals surface area (Å²) in [6.07, 6.45) is 1.82. The lowest BCUT2D eigenvalue weighted by Gasteiger charge is -1.93. The van der Waals surface area contributed by atoms with Gasteiger partial charge in [0, 0.05) is 6.21 Å². The zero-order valence-corrected chi connectivity index (χ0v) is 7.78. The summed E-state index contributed by atoms with van der Waals surface area (Å²) in [6.45, 7) is 4.10. The Kier molecular flexibility index (Phi) is 3.17. The molecule has 4 heteroatoms. The van der Waals surface area contributed by atoms with Crippen molar-refractivity contribution in [3.8, 4) is 0 Å². The Balaban J connectivity index is 2.71. The van der Waals surface area contributed by atoms with Crippen molar-refractivity contribution in [3.05, 3.63) is 17.3 Å². The molecule has 1 rings (SSSR count). The third-order valence-corrected chi connectivity index (χ3v) is 1.32. The van der Waals surface area contributed by atoms with E-state index in [1.165, 1.54) is 0 Å². The van der Waals surface area contributed by atoms with Crippen LogP contribution in [-0.2, 0) is 0 Å². The lowest BCUT2D eigenvalue weighted by atomic mass is 10.2. The quantitative estimate of drug-likeness (QED) is 0.661. The Bertz CT molecular complexity index is 266. The second-order valence-electron chi connectivity index (χ2n) is 2.74. The highest BCUT2D eigenvalue weighted by molar-refractivity contribution is 6.29. The Hall–Kier alpha value is -0.960. The van der Waals surface area contributed by atoms with Gasteiger partial charge in [0.15, 0.2) is 11.0 Å². The van der Waals surface area contributed by atoms with Gasteiger partial charge in [-0.2, -0.15) is 0 Å². The van der Waals surface area contributed by atoms with Gasteiger partial charge in [0.2, 0.25) is 0 Å². The first-order chi connectivity index (χ1) is 5.68. The highest BCUT2D eigenvalue weighted by Crippen LogP contribution is 2.08. The molecule has 0 bridgehead atoms. The molecule has 0 radical (unpaired) electrons. The summed E-state index contributed by atoms with van der Waals surface area (Å²) in [6, 6.07) is 3.40. The maximum Gasteiger partial charge on any atom is 0.174 e. The molecule has 3 nitrogen and oxygen atoms in total. The number of nitrogens with zero attached hydrogens (tertiary/aromatic N) is 3. The summed E-state index contributed by atoms with van der Waals surface area (Å²) in [4.78, 5) is 4.09. The largest absolute Gasteiger partial charge is 0.240 e. The van der Waals surface area contributed by atoms with Crippen LogP contribution in [0.3, 0.4) is 0 Å². The third-order valence-electron chi connectivity index (χ3n) is 1.12. The Morgan fingerprint density at radius 1 is 1.42 bits per heavy atom. The molecule has 12 heavy (non-hydrogen) atoms. The van der Waals surface area contributed by atoms with Crippen LogP contribution in [0, 0.1) is 5.92 Å². The predicted molar refractivity (Wildman–Crippen MR) is 50.0 cm³/mol. The fourth-order valence-corrected chi connectivity index (χ4v) is 0.704. The van der Waals surface area contributed by atoms with Crippen LogP contribution in [0.25, 0.3) is 0 Å². The summed E-state index contributed by atoms with van der Waals surface area (Å²) in [5.74, 6) is 1.01. The molecule has 0 aliphatic heterocycles. The molecule has 1 aromatic heterocycles. The van der Waals surface area contributed by atoms with Crippen LogP contribution < -0.4 is 0 Å². The van der Waals surface area contributed by atoms with Gasteiger partial charge in [-0.25, -0.2) is 4.99 Å². The van der Waals surface area contributed by atoms with Crippen LogP contribution in [0.15, 0.2) is 17.1 Å². The van der Waals surface area contributed by atoms with Crippen LogP contribution >= 0.6 is 11.6 Å². The second kappa shape index (κ2) is 4.16. The molecule has 0 saturated heterocycles. The minimum atomic E-state index is 0.387. The molecule has 0 unspecified atom stereocenters. The standard InChI is InChI=1S/C8H10ClN3/c1-6(2)5-10-8-4-3-7(9)11-12-8/h3-6H,1-2H3. The maximum atomic E-state index is 5.55. The van der Waals surface area contributed by atoms with Gasteiger partial charge in [0.25, 0.3) is 0 Å². The molecule has 0 aliphatic carbocycles. The lowest BCUT2D eigenvalue weighted by molar-refractivity contribution is 0.904. The first-order valence-corrected chi connectivity index (χ1v) is 4.09. The number of hydrogen-bond acceptors (Lipinski definition) is 3. The van der Waals surface area contributed by atoms with E-state index in [4.69, 9.17) is 11.6 Å². The summed E-state index contributed by atoms with van der Waals surface area (Å²) in [5.41, 5.74) is 0. The average molecular weight is 184 g/mol. The van der Waals surface area contributed by atoms with Gasteiger partial charge in [-0.15, -0.1) is 10.2 Å². The molecule has 0 amide bonds. The Morgan fingerprint density at radius 2 is 2.17 bits per heavy atom. The molecule has 64 valence electrons. The third kappa shape index (κ3) is 2.96. The fraction of sp³-hybridized carbons (Fsp3) is 0.375. The molecule has 0 atom stereocenters. The van der Waals surface area contributed by atoms with Gasteiger partial charge in [0.05, 0.1) is 0 Å². The number of halogens is 1. The van der Waals surface area contributed by atoms with E-state index >= 15 is 0 Å². The van der Waals surface area contributed by atoms with Crippen molar-refractivity contribution < 1.29 is 0 Å². The van der Waals surface area contributed by atoms with E-state index in [-0.39, 0.29) is 0 Å². The maximum absolute atomic E-state index is 5.55. The average Bonchev–Trinajstić information content (AvgIpc) is 2.03. The van der Waals surface area contributed by atoms with E-state index in [2.05, 4.69) is 15.2 Å². The van der Waals surface area contributed by atoms with Gasteiger partial charge in [0.1, 0.15) is 0 Å². The van der Waals surface area contributed by atoms with Gasteiger partial charge in [-0.3, -0.25) is 0 Å². The van der Waals surface area contributed by atoms with Crippen molar-refractivity contribution in [2.45, 2.75) is 13.8 Å². The Labute approximate surface area is 76.5 Å². The minimum absolute atomic E-state index is 0.387. The highest BCUT2D eigenvalue weighted by atomic mass is 35.5. The highest BCUT2D eigenvalue weighted by Gasteiger charge is 1.91. The van der Waals surface area contributed by atoms with Crippen LogP contribution in [0.4, 0.5) is 5.82 Å². The molecule has 1 heterocycles. The van der Waals surface area contributed by atoms with Gasteiger partial charge < -0.3 is 0 Å². The van der Waals surface area contributed by atoms with Crippen LogP contribution in [0.1, 0.15) is 13.8 Å². The first-order valence-electron chi connectivity index (χ1n) is 3.72. The molecule has 0 aromatic carbocycles. The van der Waals surface area contributed by atoms with E-state index in [1.54, 1.807) is 12.1 Å². The number of rotatable bonds is 2. The zero-order chi connectivity index (χ0) is 8.97. The predicted octanol–water partition coefficient (Wildman–Crippen LogP) is 2.49. The Morgan fingerprint density at radius 3 is 2.67 bits per heavy atom. The molecular weight excluding hydrogens is 174 g/mol. The molecule has 0 fully saturated rings. The molecule has 0 spiro atoms. The van der Waals surface area contributed by atoms with E-state index in [1.807, 2.05) is 20.1 Å². The lowest BCUT2D eigenvalue weighted by Crippen LogP contribution is -1.87. The van der Waals surface area contributed by atoms with E-state index in [0.717, 1.165) is 0 Å². The zero-order valence-electron chi connectivity index (χ0n) is 7.03. The molecule has 1 aromatic rings. The summed E-state index contributed by atoms with van der Waals surface area (Å²) >= 11 is 5.55. The monoisotopic (exact) mass is 183 g/mol. The number of aliphatic imine (C=N–C) groups is 1. The van der Waals surface area contributed by atoms with E-state index < -0.39 is 0 Å². The van der Waals surface area contributed by atoms with Gasteiger partial charge in [-0.1, -0.05) is 25.4 Å². The van der Waals surface area contributed by atoms with Crippen molar-refractivity contribution in [2.75, 3.05) is 0 Å². The summed E-state index contributed by atoms with van der Waals surface area (Å²) in [7, 11) is 0. The smallest absolute Gasteiger partial charge is 0.174 e. The van der Waals surface area contributed by atoms with E-state index in [0.29, 0.717) is 16.9 Å². The molecular formula is C8H10ClN3. The molecule has 0 aliphatic rings. The van der Waals surface area contributed by atoms with Gasteiger partial charge >= 0.3 is 0 Å². The van der Waals surface area contributed by atoms with Crippen LogP contribution in [0.5, 0.6) is 0 Å². The molecule has 0 saturated carbocycles. The normalized spacial score (nSPS) is 11.3. The van der Waals surface area contributed by atoms with Gasteiger partial charge in [-0.05, 0) is 18.1 Å². The fourth-order valence-electron chi connectivity index (χ4n) is 0.603. The van der Waals surface area contributed by atoms with Crippen molar-refractivity contribution in [2.24, 2.45) is 10.9 Å². The molecule has 0 N–H and O–H groups in total. The van der Waals surface area contributed by atoms with Crippen LogP contribution in [-0.4, -0.2) is 16.4 Å².